The number of nitrogens with zero attached hydrogens (tertiary/aromatic N) is 2. The second-order valence-corrected chi connectivity index (χ2v) is 7.61. The summed E-state index contributed by atoms with van der Waals surface area (Å²) in [6, 6.07) is 14.6. The number of urea groups is 1. The molecule has 27 heavy (non-hydrogen) atoms. The van der Waals surface area contributed by atoms with Gasteiger partial charge >= 0.3 is 6.03 Å². The number of methoxy groups -OCH3 is 2. The molecule has 1 saturated heterocycles. The van der Waals surface area contributed by atoms with E-state index in [0.29, 0.717) is 5.75 Å². The maximum Gasteiger partial charge on any atom is 0.320 e. The zero-order chi connectivity index (χ0) is 19.2. The summed E-state index contributed by atoms with van der Waals surface area (Å²) < 4.78 is 11.0. The zero-order valence-electron chi connectivity index (χ0n) is 16.4. The van der Waals surface area contributed by atoms with Crippen molar-refractivity contribution in [3.8, 4) is 11.5 Å². The lowest BCUT2D eigenvalue weighted by Crippen LogP contribution is -2.46. The van der Waals surface area contributed by atoms with Gasteiger partial charge in [0.05, 0.1) is 25.8 Å². The molecule has 0 aromatic heterocycles. The Hall–Kier alpha value is -2.69. The molecule has 0 N–H and O–H groups in total. The number of carbonyl (C=O) groups is 1. The molecular weight excluding hydrogens is 340 g/mol. The van der Waals surface area contributed by atoms with E-state index in [4.69, 9.17) is 9.47 Å². The summed E-state index contributed by atoms with van der Waals surface area (Å²) in [6.07, 6.45) is 1.62. The average molecular weight is 366 g/mol. The van der Waals surface area contributed by atoms with Gasteiger partial charge in [0.2, 0.25) is 0 Å². The molecule has 2 aromatic carbocycles. The summed E-state index contributed by atoms with van der Waals surface area (Å²) in [6.45, 7) is 2.91. The second-order valence-electron chi connectivity index (χ2n) is 7.61. The Morgan fingerprint density at radius 3 is 2.44 bits per heavy atom. The minimum atomic E-state index is -0.340. The monoisotopic (exact) mass is 366 g/mol. The number of benzene rings is 2. The molecule has 0 aliphatic carbocycles. The summed E-state index contributed by atoms with van der Waals surface area (Å²) >= 11 is 0. The molecule has 1 fully saturated rings. The van der Waals surface area contributed by atoms with Crippen molar-refractivity contribution in [3.05, 3.63) is 59.2 Å². The lowest BCUT2D eigenvalue weighted by molar-refractivity contribution is 0.168. The Kier molecular flexibility index (Phi) is 4.25. The van der Waals surface area contributed by atoms with Crippen LogP contribution in [0, 0.1) is 0 Å². The Balaban J connectivity index is 1.83. The third-order valence-electron chi connectivity index (χ3n) is 6.17. The summed E-state index contributed by atoms with van der Waals surface area (Å²) in [5.41, 5.74) is 3.29. The number of amides is 2. The largest absolute Gasteiger partial charge is 0.493 e. The van der Waals surface area contributed by atoms with Crippen LogP contribution in [0.2, 0.25) is 0 Å². The van der Waals surface area contributed by atoms with Gasteiger partial charge in [0, 0.05) is 13.6 Å². The number of carbonyl (C=O) groups excluding carboxylic acids is 1. The number of likely N-dealkylation sites (N-methyl/N-ethyl adjacent to an activating group) is 1. The van der Waals surface area contributed by atoms with Gasteiger partial charge in [-0.2, -0.15) is 0 Å². The van der Waals surface area contributed by atoms with Crippen LogP contribution in [0.1, 0.15) is 29.7 Å². The van der Waals surface area contributed by atoms with E-state index in [1.165, 1.54) is 11.1 Å². The summed E-state index contributed by atoms with van der Waals surface area (Å²) in [4.78, 5) is 17.0. The molecule has 2 aliphatic heterocycles. The fourth-order valence-corrected chi connectivity index (χ4v) is 4.64. The molecule has 2 atom stereocenters. The van der Waals surface area contributed by atoms with Crippen LogP contribution in [0.15, 0.2) is 42.5 Å². The molecule has 0 saturated carbocycles. The van der Waals surface area contributed by atoms with Crippen LogP contribution in [0.3, 0.4) is 0 Å². The first kappa shape index (κ1) is 17.7. The van der Waals surface area contributed by atoms with E-state index in [0.717, 1.165) is 30.7 Å². The van der Waals surface area contributed by atoms with Gasteiger partial charge in [-0.1, -0.05) is 30.3 Å². The van der Waals surface area contributed by atoms with E-state index in [1.807, 2.05) is 22.9 Å². The molecular formula is C22H26N2O3. The number of hydrogen-bond donors (Lipinski definition) is 0. The summed E-state index contributed by atoms with van der Waals surface area (Å²) in [7, 11) is 5.23. The smallest absolute Gasteiger partial charge is 0.320 e. The first-order chi connectivity index (χ1) is 13.0. The molecule has 0 spiro atoms. The predicted octanol–water partition coefficient (Wildman–Crippen LogP) is 3.67. The quantitative estimate of drug-likeness (QED) is 0.829. The molecule has 2 aromatic rings. The first-order valence-electron chi connectivity index (χ1n) is 9.32. The van der Waals surface area contributed by atoms with E-state index < -0.39 is 0 Å². The minimum Gasteiger partial charge on any atom is -0.493 e. The highest BCUT2D eigenvalue weighted by Gasteiger charge is 2.54. The van der Waals surface area contributed by atoms with Crippen molar-refractivity contribution < 1.29 is 14.3 Å². The Labute approximate surface area is 160 Å². The Morgan fingerprint density at radius 2 is 1.78 bits per heavy atom. The molecule has 0 radical (unpaired) electrons. The molecule has 2 heterocycles. The van der Waals surface area contributed by atoms with Crippen LogP contribution >= 0.6 is 0 Å². The fraction of sp³-hybridized carbons (Fsp3) is 0.409. The number of fused-ring (bicyclic) bond motifs is 3. The van der Waals surface area contributed by atoms with E-state index >= 15 is 0 Å². The molecule has 2 aliphatic rings. The molecule has 5 nitrogen and oxygen atoms in total. The highest BCUT2D eigenvalue weighted by Crippen LogP contribution is 2.49. The van der Waals surface area contributed by atoms with Gasteiger partial charge in [-0.3, -0.25) is 0 Å². The van der Waals surface area contributed by atoms with Gasteiger partial charge in [0.1, 0.15) is 0 Å². The van der Waals surface area contributed by atoms with Gasteiger partial charge in [0.25, 0.3) is 0 Å². The molecule has 0 unspecified atom stereocenters. The highest BCUT2D eigenvalue weighted by molar-refractivity contribution is 5.80. The van der Waals surface area contributed by atoms with E-state index in [-0.39, 0.29) is 17.6 Å². The molecule has 2 amide bonds. The molecule has 0 bridgehead atoms. The third kappa shape index (κ3) is 2.64. The van der Waals surface area contributed by atoms with Crippen LogP contribution < -0.4 is 9.47 Å². The number of rotatable bonds is 4. The second kappa shape index (κ2) is 6.48. The molecule has 4 rings (SSSR count). The van der Waals surface area contributed by atoms with Crippen molar-refractivity contribution >= 4 is 6.03 Å². The lowest BCUT2D eigenvalue weighted by atomic mass is 9.78. The van der Waals surface area contributed by atoms with Crippen molar-refractivity contribution in [1.82, 2.24) is 9.80 Å². The minimum absolute atomic E-state index is 0.0150. The topological polar surface area (TPSA) is 42.0 Å². The first-order valence-corrected chi connectivity index (χ1v) is 9.32. The van der Waals surface area contributed by atoms with E-state index in [2.05, 4.69) is 43.3 Å². The van der Waals surface area contributed by atoms with Crippen LogP contribution in [-0.2, 0) is 12.8 Å². The van der Waals surface area contributed by atoms with Crippen LogP contribution in [0.4, 0.5) is 4.79 Å². The average Bonchev–Trinajstić information content (AvgIpc) is 2.89. The normalized spacial score (nSPS) is 23.9. The van der Waals surface area contributed by atoms with Crippen molar-refractivity contribution in [3.63, 3.8) is 0 Å². The maximum atomic E-state index is 13.0. The number of ether oxygens (including phenoxy) is 2. The van der Waals surface area contributed by atoms with Crippen LogP contribution in [-0.4, -0.2) is 49.2 Å². The van der Waals surface area contributed by atoms with Gasteiger partial charge in [0.15, 0.2) is 11.5 Å². The van der Waals surface area contributed by atoms with Crippen LogP contribution in [0.25, 0.3) is 0 Å². The van der Waals surface area contributed by atoms with Gasteiger partial charge in [-0.05, 0) is 48.6 Å². The predicted molar refractivity (Wildman–Crippen MR) is 104 cm³/mol. The summed E-state index contributed by atoms with van der Waals surface area (Å²) in [5.74, 6) is 1.45. The Bertz CT molecular complexity index is 867. The highest BCUT2D eigenvalue weighted by atomic mass is 16.5. The van der Waals surface area contributed by atoms with E-state index in [9.17, 15) is 4.79 Å². The zero-order valence-corrected chi connectivity index (χ0v) is 16.4. The molecule has 5 heteroatoms. The van der Waals surface area contributed by atoms with Crippen molar-refractivity contribution in [2.45, 2.75) is 31.3 Å². The Morgan fingerprint density at radius 1 is 1.11 bits per heavy atom. The van der Waals surface area contributed by atoms with Gasteiger partial charge in [-0.25, -0.2) is 4.79 Å². The van der Waals surface area contributed by atoms with Crippen LogP contribution in [0.5, 0.6) is 11.5 Å². The lowest BCUT2D eigenvalue weighted by Gasteiger charge is -2.40. The standard InChI is InChI=1S/C22H26N2O3/c1-22(14-15-8-6-5-7-9-15)20-17-13-19(27-4)18(26-3)12-16(17)10-11-24(20)21(25)23(22)2/h5-9,12-13,20H,10-11,14H2,1-4H3/t20-,22+/m1/s1. The van der Waals surface area contributed by atoms with Gasteiger partial charge in [-0.15, -0.1) is 0 Å². The fourth-order valence-electron chi connectivity index (χ4n) is 4.64. The SMILES string of the molecule is COc1cc2c(cc1OC)[C@H]1N(CC2)C(=O)N(C)[C@@]1(C)Cc1ccccc1. The molecule has 142 valence electrons. The van der Waals surface area contributed by atoms with E-state index in [1.54, 1.807) is 14.2 Å². The van der Waals surface area contributed by atoms with Crippen molar-refractivity contribution in [2.75, 3.05) is 27.8 Å². The van der Waals surface area contributed by atoms with Crippen molar-refractivity contribution in [1.29, 1.82) is 0 Å². The third-order valence-corrected chi connectivity index (χ3v) is 6.17. The number of hydrogen-bond acceptors (Lipinski definition) is 3. The maximum absolute atomic E-state index is 13.0. The summed E-state index contributed by atoms with van der Waals surface area (Å²) in [5, 5.41) is 0. The van der Waals surface area contributed by atoms with Gasteiger partial charge < -0.3 is 19.3 Å². The van der Waals surface area contributed by atoms with Crippen molar-refractivity contribution in [2.24, 2.45) is 0 Å².